The molecule has 19 heavy (non-hydrogen) atoms. The van der Waals surface area contributed by atoms with Crippen LogP contribution in [0.3, 0.4) is 0 Å². The third-order valence-electron chi connectivity index (χ3n) is 2.75. The molecule has 0 fully saturated rings. The van der Waals surface area contributed by atoms with Crippen LogP contribution in [0.4, 0.5) is 0 Å². The maximum Gasteiger partial charge on any atom is 0.189 e. The molecule has 0 aliphatic carbocycles. The molecule has 0 aliphatic heterocycles. The van der Waals surface area contributed by atoms with E-state index in [-0.39, 0.29) is 11.0 Å². The van der Waals surface area contributed by atoms with E-state index in [9.17, 15) is 0 Å². The minimum absolute atomic E-state index is 0.0477. The summed E-state index contributed by atoms with van der Waals surface area (Å²) in [7, 11) is 0. The topological polar surface area (TPSA) is 50.4 Å². The molecule has 0 bridgehead atoms. The van der Waals surface area contributed by atoms with Gasteiger partial charge in [-0.05, 0) is 38.5 Å². The summed E-state index contributed by atoms with van der Waals surface area (Å²) in [5, 5.41) is 3.17. The number of nitrogens with one attached hydrogen (secondary N) is 1. The van der Waals surface area contributed by atoms with Crippen LogP contribution in [0, 0.1) is 0 Å². The van der Waals surface area contributed by atoms with E-state index in [1.807, 2.05) is 12.1 Å². The zero-order valence-electron chi connectivity index (χ0n) is 12.4. The average Bonchev–Trinajstić information content (AvgIpc) is 2.24. The van der Waals surface area contributed by atoms with Crippen molar-refractivity contribution in [1.82, 2.24) is 5.32 Å². The Morgan fingerprint density at radius 3 is 2.42 bits per heavy atom. The lowest BCUT2D eigenvalue weighted by atomic mass is 9.85. The molecular weight excluding hydrogens is 302 g/mol. The molecule has 1 aromatic rings. The number of nitrogens with two attached hydrogens (primary N) is 1. The van der Waals surface area contributed by atoms with Crippen molar-refractivity contribution in [2.75, 3.05) is 6.54 Å². The van der Waals surface area contributed by atoms with Crippen LogP contribution in [0.1, 0.15) is 40.2 Å². The molecule has 4 heteroatoms. The first-order valence-electron chi connectivity index (χ1n) is 6.44. The highest BCUT2D eigenvalue weighted by molar-refractivity contribution is 9.10. The van der Waals surface area contributed by atoms with E-state index in [0.717, 1.165) is 4.47 Å². The van der Waals surface area contributed by atoms with Gasteiger partial charge in [0.2, 0.25) is 0 Å². The summed E-state index contributed by atoms with van der Waals surface area (Å²) >= 11 is 3.50. The Morgan fingerprint density at radius 1 is 1.26 bits per heavy atom. The Hall–Kier alpha value is -1.03. The second-order valence-corrected chi connectivity index (χ2v) is 7.39. The lowest BCUT2D eigenvalue weighted by Crippen LogP contribution is -2.45. The average molecular weight is 326 g/mol. The summed E-state index contributed by atoms with van der Waals surface area (Å²) in [5.74, 6) is 0.496. The molecule has 1 rings (SSSR count). The zero-order valence-corrected chi connectivity index (χ0v) is 14.0. The van der Waals surface area contributed by atoms with Crippen LogP contribution in [0.2, 0.25) is 0 Å². The lowest BCUT2D eigenvalue weighted by molar-refractivity contribution is 0.500. The highest BCUT2D eigenvalue weighted by Crippen LogP contribution is 2.26. The highest BCUT2D eigenvalue weighted by atomic mass is 79.9. The first-order chi connectivity index (χ1) is 8.60. The monoisotopic (exact) mass is 325 g/mol. The van der Waals surface area contributed by atoms with E-state index in [1.54, 1.807) is 0 Å². The second kappa shape index (κ2) is 5.95. The highest BCUT2D eigenvalue weighted by Gasteiger charge is 2.21. The standard InChI is InChI=1S/C15H24BrN3/c1-14(2,3)19-13(17)18-10-15(4,5)11-7-6-8-12(16)9-11/h6-9H,10H2,1-5H3,(H3,17,18,19). The summed E-state index contributed by atoms with van der Waals surface area (Å²) < 4.78 is 1.09. The number of aliphatic imine (C=N–C) groups is 1. The van der Waals surface area contributed by atoms with E-state index in [1.165, 1.54) is 5.56 Å². The molecule has 3 N–H and O–H groups in total. The number of nitrogens with zero attached hydrogens (tertiary/aromatic N) is 1. The maximum absolute atomic E-state index is 5.90. The van der Waals surface area contributed by atoms with Crippen molar-refractivity contribution in [3.63, 3.8) is 0 Å². The molecule has 0 saturated heterocycles. The van der Waals surface area contributed by atoms with Crippen molar-refractivity contribution < 1.29 is 0 Å². The smallest absolute Gasteiger partial charge is 0.189 e. The fourth-order valence-electron chi connectivity index (χ4n) is 1.71. The fourth-order valence-corrected chi connectivity index (χ4v) is 2.11. The van der Waals surface area contributed by atoms with Gasteiger partial charge in [-0.1, -0.05) is 41.9 Å². The van der Waals surface area contributed by atoms with Gasteiger partial charge in [-0.15, -0.1) is 0 Å². The Kier molecular flexibility index (Phi) is 5.02. The van der Waals surface area contributed by atoms with Crippen molar-refractivity contribution in [3.05, 3.63) is 34.3 Å². The Morgan fingerprint density at radius 2 is 1.89 bits per heavy atom. The van der Waals surface area contributed by atoms with E-state index in [2.05, 4.69) is 73.0 Å². The van der Waals surface area contributed by atoms with Crippen LogP contribution in [0.5, 0.6) is 0 Å². The van der Waals surface area contributed by atoms with Crippen LogP contribution in [0.15, 0.2) is 33.7 Å². The van der Waals surface area contributed by atoms with Gasteiger partial charge in [0.05, 0.1) is 6.54 Å². The third-order valence-corrected chi connectivity index (χ3v) is 3.25. The summed E-state index contributed by atoms with van der Waals surface area (Å²) in [6.07, 6.45) is 0. The van der Waals surface area contributed by atoms with Crippen molar-refractivity contribution in [2.45, 2.75) is 45.6 Å². The predicted molar refractivity (Wildman–Crippen MR) is 86.5 cm³/mol. The first kappa shape index (κ1) is 16.0. The minimum atomic E-state index is -0.0620. The van der Waals surface area contributed by atoms with E-state index in [0.29, 0.717) is 12.5 Å². The Balaban J connectivity index is 2.77. The van der Waals surface area contributed by atoms with Crippen LogP contribution in [0.25, 0.3) is 0 Å². The van der Waals surface area contributed by atoms with Gasteiger partial charge >= 0.3 is 0 Å². The summed E-state index contributed by atoms with van der Waals surface area (Å²) in [6, 6.07) is 8.32. The molecular formula is C15H24BrN3. The van der Waals surface area contributed by atoms with Crippen molar-refractivity contribution >= 4 is 21.9 Å². The quantitative estimate of drug-likeness (QED) is 0.660. The Labute approximate surface area is 124 Å². The van der Waals surface area contributed by atoms with Gasteiger partial charge < -0.3 is 11.1 Å². The largest absolute Gasteiger partial charge is 0.370 e. The van der Waals surface area contributed by atoms with E-state index >= 15 is 0 Å². The Bertz CT molecular complexity index is 459. The van der Waals surface area contributed by atoms with Crippen molar-refractivity contribution in [2.24, 2.45) is 10.7 Å². The zero-order chi connectivity index (χ0) is 14.7. The molecule has 0 spiro atoms. The van der Waals surface area contributed by atoms with Gasteiger partial charge in [-0.3, -0.25) is 4.99 Å². The number of hydrogen-bond acceptors (Lipinski definition) is 1. The van der Waals surface area contributed by atoms with Crippen molar-refractivity contribution in [3.8, 4) is 0 Å². The molecule has 106 valence electrons. The normalized spacial score (nSPS) is 13.5. The number of hydrogen-bond donors (Lipinski definition) is 2. The van der Waals surface area contributed by atoms with Gasteiger partial charge in [0, 0.05) is 15.4 Å². The summed E-state index contributed by atoms with van der Waals surface area (Å²) in [4.78, 5) is 4.46. The van der Waals surface area contributed by atoms with E-state index < -0.39 is 0 Å². The predicted octanol–water partition coefficient (Wildman–Crippen LogP) is 3.43. The van der Waals surface area contributed by atoms with E-state index in [4.69, 9.17) is 5.73 Å². The SMILES string of the molecule is CC(C)(C)NC(N)=NCC(C)(C)c1cccc(Br)c1. The third kappa shape index (κ3) is 5.64. The van der Waals surface area contributed by atoms with Gasteiger partial charge in [0.25, 0.3) is 0 Å². The molecule has 0 aromatic heterocycles. The molecule has 0 saturated carbocycles. The van der Waals surface area contributed by atoms with Crippen molar-refractivity contribution in [1.29, 1.82) is 0 Å². The second-order valence-electron chi connectivity index (χ2n) is 6.47. The van der Waals surface area contributed by atoms with Crippen LogP contribution in [-0.2, 0) is 5.41 Å². The maximum atomic E-state index is 5.90. The van der Waals surface area contributed by atoms with Gasteiger partial charge in [0.1, 0.15) is 0 Å². The minimum Gasteiger partial charge on any atom is -0.370 e. The van der Waals surface area contributed by atoms with Crippen LogP contribution >= 0.6 is 15.9 Å². The van der Waals surface area contributed by atoms with Crippen LogP contribution in [-0.4, -0.2) is 18.0 Å². The molecule has 0 heterocycles. The van der Waals surface area contributed by atoms with Gasteiger partial charge in [0.15, 0.2) is 5.96 Å². The summed E-state index contributed by atoms with van der Waals surface area (Å²) in [5.41, 5.74) is 7.04. The first-order valence-corrected chi connectivity index (χ1v) is 7.24. The molecule has 0 aliphatic rings. The fraction of sp³-hybridized carbons (Fsp3) is 0.533. The molecule has 0 amide bonds. The summed E-state index contributed by atoms with van der Waals surface area (Å²) in [6.45, 7) is 11.2. The van der Waals surface area contributed by atoms with Gasteiger partial charge in [-0.2, -0.15) is 0 Å². The number of rotatable bonds is 3. The molecule has 0 atom stereocenters. The molecule has 0 unspecified atom stereocenters. The van der Waals surface area contributed by atoms with Crippen LogP contribution < -0.4 is 11.1 Å². The number of benzene rings is 1. The molecule has 3 nitrogen and oxygen atoms in total. The lowest BCUT2D eigenvalue weighted by Gasteiger charge is -2.25. The molecule has 1 aromatic carbocycles. The molecule has 0 radical (unpaired) electrons. The van der Waals surface area contributed by atoms with Gasteiger partial charge in [-0.25, -0.2) is 0 Å². The number of halogens is 1. The number of guanidine groups is 1.